The van der Waals surface area contributed by atoms with Crippen LogP contribution in [-0.2, 0) is 0 Å². The maximum absolute atomic E-state index is 13.6. The number of benzene rings is 1. The zero-order chi connectivity index (χ0) is 12.3. The first-order chi connectivity index (χ1) is 8.16. The number of nitrogens with zero attached hydrogens (tertiary/aromatic N) is 1. The lowest BCUT2D eigenvalue weighted by atomic mass is 10.2. The van der Waals surface area contributed by atoms with Gasteiger partial charge >= 0.3 is 0 Å². The number of halogens is 2. The van der Waals surface area contributed by atoms with Crippen molar-refractivity contribution in [2.24, 2.45) is 0 Å². The molecule has 4 heteroatoms. The first kappa shape index (κ1) is 11.9. The molecule has 0 aliphatic heterocycles. The Labute approximate surface area is 104 Å². The number of rotatable bonds is 3. The van der Waals surface area contributed by atoms with Gasteiger partial charge in [0.25, 0.3) is 0 Å². The topological polar surface area (TPSA) is 24.9 Å². The third-order valence-electron chi connectivity index (χ3n) is 2.43. The Morgan fingerprint density at radius 2 is 2.12 bits per heavy atom. The summed E-state index contributed by atoms with van der Waals surface area (Å²) in [5.74, 6) is -0.361. The summed E-state index contributed by atoms with van der Waals surface area (Å²) in [6.45, 7) is 1.93. The molecule has 1 aromatic carbocycles. The fraction of sp³-hybridized carbons (Fsp3) is 0.154. The predicted molar refractivity (Wildman–Crippen MR) is 67.7 cm³/mol. The summed E-state index contributed by atoms with van der Waals surface area (Å²) in [5, 5.41) is 3.45. The van der Waals surface area contributed by atoms with Gasteiger partial charge in [-0.1, -0.05) is 17.7 Å². The molecule has 0 fully saturated rings. The predicted octanol–water partition coefficient (Wildman–Crippen LogP) is 4.05. The smallest absolute Gasteiger partial charge is 0.147 e. The molecule has 1 heterocycles. The van der Waals surface area contributed by atoms with Crippen LogP contribution in [0.15, 0.2) is 42.6 Å². The maximum atomic E-state index is 13.6. The van der Waals surface area contributed by atoms with Crippen LogP contribution in [0, 0.1) is 5.82 Å². The van der Waals surface area contributed by atoms with Gasteiger partial charge in [0.1, 0.15) is 5.82 Å². The van der Waals surface area contributed by atoms with Gasteiger partial charge in [0.05, 0.1) is 17.4 Å². The number of anilines is 1. The quantitative estimate of drug-likeness (QED) is 0.889. The van der Waals surface area contributed by atoms with Crippen LogP contribution in [0.1, 0.15) is 18.7 Å². The number of hydrogen-bond acceptors (Lipinski definition) is 2. The first-order valence-corrected chi connectivity index (χ1v) is 5.67. The van der Waals surface area contributed by atoms with E-state index in [1.54, 1.807) is 18.3 Å². The van der Waals surface area contributed by atoms with E-state index in [1.165, 1.54) is 6.07 Å². The molecule has 0 aliphatic rings. The van der Waals surface area contributed by atoms with Crippen LogP contribution in [0.3, 0.4) is 0 Å². The molecule has 0 amide bonds. The molecular weight excluding hydrogens is 239 g/mol. The molecule has 1 N–H and O–H groups in total. The highest BCUT2D eigenvalue weighted by Gasteiger charge is 2.09. The molecule has 1 aromatic heterocycles. The normalized spacial score (nSPS) is 12.2. The fourth-order valence-electron chi connectivity index (χ4n) is 1.55. The zero-order valence-corrected chi connectivity index (χ0v) is 10.1. The van der Waals surface area contributed by atoms with Gasteiger partial charge < -0.3 is 5.32 Å². The van der Waals surface area contributed by atoms with Crippen LogP contribution in [0.4, 0.5) is 10.1 Å². The Hall–Kier alpha value is -1.61. The van der Waals surface area contributed by atoms with Crippen molar-refractivity contribution in [1.82, 2.24) is 4.98 Å². The summed E-state index contributed by atoms with van der Waals surface area (Å²) >= 11 is 5.69. The van der Waals surface area contributed by atoms with Gasteiger partial charge in [-0.3, -0.25) is 4.98 Å². The lowest BCUT2D eigenvalue weighted by Crippen LogP contribution is -2.09. The molecule has 0 saturated carbocycles. The van der Waals surface area contributed by atoms with Crippen molar-refractivity contribution >= 4 is 17.3 Å². The molecule has 0 bridgehead atoms. The van der Waals surface area contributed by atoms with Crippen molar-refractivity contribution in [1.29, 1.82) is 0 Å². The largest absolute Gasteiger partial charge is 0.375 e. The van der Waals surface area contributed by atoms with Crippen LogP contribution < -0.4 is 5.32 Å². The molecule has 0 spiro atoms. The molecule has 17 heavy (non-hydrogen) atoms. The number of hydrogen-bond donors (Lipinski definition) is 1. The Kier molecular flexibility index (Phi) is 3.59. The Morgan fingerprint density at radius 3 is 2.76 bits per heavy atom. The third-order valence-corrected chi connectivity index (χ3v) is 2.67. The molecule has 2 aromatic rings. The van der Waals surface area contributed by atoms with E-state index >= 15 is 0 Å². The molecule has 0 radical (unpaired) electrons. The van der Waals surface area contributed by atoms with Crippen molar-refractivity contribution in [3.05, 3.63) is 59.1 Å². The average molecular weight is 251 g/mol. The molecule has 0 aliphatic carbocycles. The fourth-order valence-corrected chi connectivity index (χ4v) is 1.70. The van der Waals surface area contributed by atoms with Gasteiger partial charge in [0.2, 0.25) is 0 Å². The van der Waals surface area contributed by atoms with Crippen molar-refractivity contribution in [2.75, 3.05) is 5.32 Å². The standard InChI is InChI=1S/C13H12ClFN2/c1-9(12-4-2-3-7-16-12)17-13-6-5-10(14)8-11(13)15/h2-9,17H,1H3. The van der Waals surface area contributed by atoms with Gasteiger partial charge in [-0.25, -0.2) is 4.39 Å². The van der Waals surface area contributed by atoms with Crippen LogP contribution >= 0.6 is 11.6 Å². The van der Waals surface area contributed by atoms with Gasteiger partial charge in [0.15, 0.2) is 0 Å². The molecule has 88 valence electrons. The van der Waals surface area contributed by atoms with E-state index in [2.05, 4.69) is 10.3 Å². The van der Waals surface area contributed by atoms with Gasteiger partial charge in [-0.2, -0.15) is 0 Å². The summed E-state index contributed by atoms with van der Waals surface area (Å²) in [5.41, 5.74) is 1.29. The van der Waals surface area contributed by atoms with E-state index in [4.69, 9.17) is 11.6 Å². The van der Waals surface area contributed by atoms with E-state index < -0.39 is 0 Å². The monoisotopic (exact) mass is 250 g/mol. The van der Waals surface area contributed by atoms with Crippen molar-refractivity contribution in [2.45, 2.75) is 13.0 Å². The Morgan fingerprint density at radius 1 is 1.29 bits per heavy atom. The minimum Gasteiger partial charge on any atom is -0.375 e. The minimum atomic E-state index is -0.361. The maximum Gasteiger partial charge on any atom is 0.147 e. The Balaban J connectivity index is 2.16. The molecular formula is C13H12ClFN2. The van der Waals surface area contributed by atoms with Crippen LogP contribution in [0.5, 0.6) is 0 Å². The van der Waals surface area contributed by atoms with Crippen molar-refractivity contribution < 1.29 is 4.39 Å². The lowest BCUT2D eigenvalue weighted by molar-refractivity contribution is 0.627. The first-order valence-electron chi connectivity index (χ1n) is 5.29. The van der Waals surface area contributed by atoms with Gasteiger partial charge in [-0.05, 0) is 37.3 Å². The molecule has 1 atom stereocenters. The van der Waals surface area contributed by atoms with Gasteiger partial charge in [0, 0.05) is 11.2 Å². The average Bonchev–Trinajstić information content (AvgIpc) is 2.34. The van der Waals surface area contributed by atoms with E-state index in [9.17, 15) is 4.39 Å². The zero-order valence-electron chi connectivity index (χ0n) is 9.32. The molecule has 0 saturated heterocycles. The van der Waals surface area contributed by atoms with Crippen molar-refractivity contribution in [3.8, 4) is 0 Å². The number of nitrogens with one attached hydrogen (secondary N) is 1. The SMILES string of the molecule is CC(Nc1ccc(Cl)cc1F)c1ccccn1. The highest BCUT2D eigenvalue weighted by molar-refractivity contribution is 6.30. The van der Waals surface area contributed by atoms with Crippen LogP contribution in [0.25, 0.3) is 0 Å². The van der Waals surface area contributed by atoms with E-state index in [0.717, 1.165) is 5.69 Å². The lowest BCUT2D eigenvalue weighted by Gasteiger charge is -2.15. The highest BCUT2D eigenvalue weighted by Crippen LogP contribution is 2.23. The Bertz CT molecular complexity index is 502. The summed E-state index contributed by atoms with van der Waals surface area (Å²) in [4.78, 5) is 4.21. The third kappa shape index (κ3) is 2.94. The van der Waals surface area contributed by atoms with Crippen LogP contribution in [0.2, 0.25) is 5.02 Å². The number of pyridine rings is 1. The van der Waals surface area contributed by atoms with E-state index in [-0.39, 0.29) is 11.9 Å². The summed E-state index contributed by atoms with van der Waals surface area (Å²) in [6, 6.07) is 10.1. The summed E-state index contributed by atoms with van der Waals surface area (Å²) in [6.07, 6.45) is 1.71. The van der Waals surface area contributed by atoms with E-state index in [0.29, 0.717) is 10.7 Å². The summed E-state index contributed by atoms with van der Waals surface area (Å²) in [7, 11) is 0. The number of aromatic nitrogens is 1. The second kappa shape index (κ2) is 5.15. The minimum absolute atomic E-state index is 0.0631. The molecule has 1 unspecified atom stereocenters. The van der Waals surface area contributed by atoms with Crippen molar-refractivity contribution in [3.63, 3.8) is 0 Å². The molecule has 2 rings (SSSR count). The highest BCUT2D eigenvalue weighted by atomic mass is 35.5. The van der Waals surface area contributed by atoms with E-state index in [1.807, 2.05) is 25.1 Å². The second-order valence-corrected chi connectivity index (χ2v) is 4.18. The van der Waals surface area contributed by atoms with Crippen LogP contribution in [-0.4, -0.2) is 4.98 Å². The summed E-state index contributed by atoms with van der Waals surface area (Å²) < 4.78 is 13.6. The second-order valence-electron chi connectivity index (χ2n) is 3.74. The molecule has 2 nitrogen and oxygen atoms in total. The van der Waals surface area contributed by atoms with Gasteiger partial charge in [-0.15, -0.1) is 0 Å².